The molecule has 2 unspecified atom stereocenters. The van der Waals surface area contributed by atoms with Gasteiger partial charge in [-0.05, 0) is 46.1 Å². The van der Waals surface area contributed by atoms with Crippen molar-refractivity contribution in [3.63, 3.8) is 0 Å². The van der Waals surface area contributed by atoms with Gasteiger partial charge in [0, 0.05) is 6.04 Å². The third-order valence-corrected chi connectivity index (χ3v) is 4.04. The number of hydrogen-bond acceptors (Lipinski definition) is 2. The molecule has 0 aromatic rings. The molecule has 0 aliphatic heterocycles. The number of carbonyl (C=O) groups is 1. The summed E-state index contributed by atoms with van der Waals surface area (Å²) >= 11 is 0. The molecular formula is C12H23NO2. The van der Waals surface area contributed by atoms with Crippen molar-refractivity contribution in [2.24, 2.45) is 5.92 Å². The minimum atomic E-state index is -0.743. The van der Waals surface area contributed by atoms with Gasteiger partial charge in [0.1, 0.15) is 5.54 Å². The van der Waals surface area contributed by atoms with Crippen LogP contribution in [0.4, 0.5) is 0 Å². The Balaban J connectivity index is 2.62. The minimum Gasteiger partial charge on any atom is -0.480 e. The molecule has 88 valence electrons. The number of likely N-dealkylation sites (N-methyl/N-ethyl adjacent to an activating group) is 1. The highest BCUT2D eigenvalue weighted by Crippen LogP contribution is 2.33. The smallest absolute Gasteiger partial charge is 0.323 e. The van der Waals surface area contributed by atoms with E-state index in [9.17, 15) is 4.79 Å². The van der Waals surface area contributed by atoms with Gasteiger partial charge in [0.05, 0.1) is 0 Å². The van der Waals surface area contributed by atoms with Gasteiger partial charge in [-0.15, -0.1) is 0 Å². The van der Waals surface area contributed by atoms with Crippen LogP contribution >= 0.6 is 0 Å². The zero-order chi connectivity index (χ0) is 11.6. The maximum Gasteiger partial charge on any atom is 0.323 e. The Morgan fingerprint density at radius 1 is 1.47 bits per heavy atom. The Morgan fingerprint density at radius 2 is 2.07 bits per heavy atom. The fourth-order valence-corrected chi connectivity index (χ4v) is 2.38. The molecule has 0 heterocycles. The van der Waals surface area contributed by atoms with E-state index in [4.69, 9.17) is 5.11 Å². The first-order chi connectivity index (χ1) is 6.89. The van der Waals surface area contributed by atoms with E-state index < -0.39 is 11.5 Å². The summed E-state index contributed by atoms with van der Waals surface area (Å²) in [6.45, 7) is 5.79. The second kappa shape index (κ2) is 4.52. The van der Waals surface area contributed by atoms with Crippen molar-refractivity contribution >= 4 is 5.97 Å². The quantitative estimate of drug-likeness (QED) is 0.779. The molecule has 15 heavy (non-hydrogen) atoms. The highest BCUT2D eigenvalue weighted by molar-refractivity contribution is 5.77. The monoisotopic (exact) mass is 213 g/mol. The Kier molecular flexibility index (Phi) is 3.77. The SMILES string of the molecule is CCC1CCC(N(C)C(C)(C)C(=O)O)C1. The molecule has 0 bridgehead atoms. The molecule has 3 nitrogen and oxygen atoms in total. The van der Waals surface area contributed by atoms with Crippen LogP contribution in [0.15, 0.2) is 0 Å². The zero-order valence-electron chi connectivity index (χ0n) is 10.3. The number of hydrogen-bond donors (Lipinski definition) is 1. The summed E-state index contributed by atoms with van der Waals surface area (Å²) in [4.78, 5) is 13.2. The first-order valence-electron chi connectivity index (χ1n) is 5.86. The molecule has 0 radical (unpaired) electrons. The summed E-state index contributed by atoms with van der Waals surface area (Å²) in [6, 6.07) is 0.445. The van der Waals surface area contributed by atoms with Crippen molar-refractivity contribution in [3.05, 3.63) is 0 Å². The van der Waals surface area contributed by atoms with Crippen LogP contribution in [0, 0.1) is 5.92 Å². The molecule has 0 aromatic heterocycles. The van der Waals surface area contributed by atoms with Crippen LogP contribution < -0.4 is 0 Å². The third kappa shape index (κ3) is 2.51. The molecule has 1 aliphatic rings. The standard InChI is InChI=1S/C12H23NO2/c1-5-9-6-7-10(8-9)13(4)12(2,3)11(14)15/h9-10H,5-8H2,1-4H3,(H,14,15). The lowest BCUT2D eigenvalue weighted by Crippen LogP contribution is -2.51. The van der Waals surface area contributed by atoms with Crippen LogP contribution in [0.25, 0.3) is 0 Å². The molecule has 0 saturated heterocycles. The summed E-state index contributed by atoms with van der Waals surface area (Å²) < 4.78 is 0. The van der Waals surface area contributed by atoms with Crippen molar-refractivity contribution in [1.82, 2.24) is 4.90 Å². The molecule has 0 aromatic carbocycles. The summed E-state index contributed by atoms with van der Waals surface area (Å²) in [5.41, 5.74) is -0.743. The van der Waals surface area contributed by atoms with Gasteiger partial charge in [-0.25, -0.2) is 0 Å². The average Bonchev–Trinajstić information content (AvgIpc) is 2.64. The largest absolute Gasteiger partial charge is 0.480 e. The molecule has 1 aliphatic carbocycles. The molecular weight excluding hydrogens is 190 g/mol. The predicted octanol–water partition coefficient (Wildman–Crippen LogP) is 2.36. The van der Waals surface area contributed by atoms with Gasteiger partial charge in [0.2, 0.25) is 0 Å². The number of aliphatic carboxylic acids is 1. The second-order valence-electron chi connectivity index (χ2n) is 5.22. The Morgan fingerprint density at radius 3 is 2.47 bits per heavy atom. The van der Waals surface area contributed by atoms with Crippen molar-refractivity contribution in [2.75, 3.05) is 7.05 Å². The van der Waals surface area contributed by atoms with Crippen molar-refractivity contribution < 1.29 is 9.90 Å². The molecule has 2 atom stereocenters. The van der Waals surface area contributed by atoms with Gasteiger partial charge in [0.15, 0.2) is 0 Å². The predicted molar refractivity (Wildman–Crippen MR) is 60.9 cm³/mol. The Bertz CT molecular complexity index is 238. The number of nitrogens with zero attached hydrogens (tertiary/aromatic N) is 1. The molecule has 0 spiro atoms. The maximum atomic E-state index is 11.1. The van der Waals surface area contributed by atoms with Gasteiger partial charge < -0.3 is 5.11 Å². The van der Waals surface area contributed by atoms with E-state index in [0.29, 0.717) is 6.04 Å². The normalized spacial score (nSPS) is 27.3. The van der Waals surface area contributed by atoms with Gasteiger partial charge in [0.25, 0.3) is 0 Å². The van der Waals surface area contributed by atoms with Crippen LogP contribution in [0.2, 0.25) is 0 Å². The lowest BCUT2D eigenvalue weighted by atomic mass is 9.99. The topological polar surface area (TPSA) is 40.5 Å². The van der Waals surface area contributed by atoms with Crippen LogP contribution in [-0.2, 0) is 4.79 Å². The van der Waals surface area contributed by atoms with Gasteiger partial charge in [-0.1, -0.05) is 13.3 Å². The zero-order valence-corrected chi connectivity index (χ0v) is 10.3. The number of carboxylic acids is 1. The van der Waals surface area contributed by atoms with Crippen LogP contribution in [-0.4, -0.2) is 34.6 Å². The minimum absolute atomic E-state index is 0.445. The molecule has 1 N–H and O–H groups in total. The number of rotatable bonds is 4. The van der Waals surface area contributed by atoms with Gasteiger partial charge in [-0.3, -0.25) is 9.69 Å². The number of carboxylic acid groups (broad SMARTS) is 1. The van der Waals surface area contributed by atoms with E-state index in [0.717, 1.165) is 18.8 Å². The lowest BCUT2D eigenvalue weighted by molar-refractivity contribution is -0.149. The maximum absolute atomic E-state index is 11.1. The fraction of sp³-hybridized carbons (Fsp3) is 0.917. The summed E-state index contributed by atoms with van der Waals surface area (Å²) in [7, 11) is 1.94. The first-order valence-corrected chi connectivity index (χ1v) is 5.86. The fourth-order valence-electron chi connectivity index (χ4n) is 2.38. The highest BCUT2D eigenvalue weighted by atomic mass is 16.4. The van der Waals surface area contributed by atoms with E-state index in [1.54, 1.807) is 13.8 Å². The van der Waals surface area contributed by atoms with E-state index in [1.165, 1.54) is 12.8 Å². The lowest BCUT2D eigenvalue weighted by Gasteiger charge is -2.36. The molecule has 0 amide bonds. The Labute approximate surface area is 92.5 Å². The van der Waals surface area contributed by atoms with E-state index >= 15 is 0 Å². The molecule has 1 rings (SSSR count). The van der Waals surface area contributed by atoms with Crippen molar-refractivity contribution in [3.8, 4) is 0 Å². The van der Waals surface area contributed by atoms with Crippen LogP contribution in [0.1, 0.15) is 46.5 Å². The summed E-state index contributed by atoms with van der Waals surface area (Å²) in [6.07, 6.45) is 4.77. The van der Waals surface area contributed by atoms with Crippen LogP contribution in [0.5, 0.6) is 0 Å². The average molecular weight is 213 g/mol. The molecule has 3 heteroatoms. The second-order valence-corrected chi connectivity index (χ2v) is 5.22. The molecule has 1 saturated carbocycles. The first kappa shape index (κ1) is 12.5. The Hall–Kier alpha value is -0.570. The molecule has 1 fully saturated rings. The van der Waals surface area contributed by atoms with E-state index in [1.807, 2.05) is 11.9 Å². The van der Waals surface area contributed by atoms with Crippen molar-refractivity contribution in [1.29, 1.82) is 0 Å². The van der Waals surface area contributed by atoms with E-state index in [-0.39, 0.29) is 0 Å². The van der Waals surface area contributed by atoms with E-state index in [2.05, 4.69) is 6.92 Å². The van der Waals surface area contributed by atoms with Gasteiger partial charge >= 0.3 is 5.97 Å². The van der Waals surface area contributed by atoms with Gasteiger partial charge in [-0.2, -0.15) is 0 Å². The third-order valence-electron chi connectivity index (χ3n) is 4.04. The summed E-state index contributed by atoms with van der Waals surface area (Å²) in [5.74, 6) is 0.0620. The van der Waals surface area contributed by atoms with Crippen LogP contribution in [0.3, 0.4) is 0 Å². The summed E-state index contributed by atoms with van der Waals surface area (Å²) in [5, 5.41) is 9.15. The highest BCUT2D eigenvalue weighted by Gasteiger charge is 2.38. The van der Waals surface area contributed by atoms with Crippen molar-refractivity contribution in [2.45, 2.75) is 58.0 Å².